The van der Waals surface area contributed by atoms with Crippen molar-refractivity contribution in [1.82, 2.24) is 0 Å². The minimum absolute atomic E-state index is 3.32. The molecule has 0 unspecified atom stereocenters. The lowest BCUT2D eigenvalue weighted by atomic mass is 9.86. The summed E-state index contributed by atoms with van der Waals surface area (Å²) in [5, 5.41) is -4.34. The number of hydrogen-bond acceptors (Lipinski definition) is 2. The first-order valence-electron chi connectivity index (χ1n) is 5.74. The largest absolute Gasteiger partial charge is 0.438 e. The van der Waals surface area contributed by atoms with Crippen molar-refractivity contribution in [1.29, 1.82) is 0 Å². The van der Waals surface area contributed by atoms with Crippen LogP contribution in [0.25, 0.3) is 0 Å². The molecule has 0 aromatic carbocycles. The Morgan fingerprint density at radius 2 is 0.690 bits per heavy atom. The van der Waals surface area contributed by atoms with Crippen molar-refractivity contribution in [3.05, 3.63) is 0 Å². The lowest BCUT2D eigenvalue weighted by Gasteiger charge is -2.43. The van der Waals surface area contributed by atoms with Crippen LogP contribution in [0, 0.1) is 0 Å². The van der Waals surface area contributed by atoms with Gasteiger partial charge in [-0.1, -0.05) is 0 Å². The Morgan fingerprint density at radius 1 is 0.448 bits per heavy atom. The van der Waals surface area contributed by atoms with Gasteiger partial charge < -0.3 is 0 Å². The van der Waals surface area contributed by atoms with Gasteiger partial charge >= 0.3 is 47.0 Å². The summed E-state index contributed by atoms with van der Waals surface area (Å²) >= 11 is 0. The Hall–Kier alpha value is -1.28. The van der Waals surface area contributed by atoms with Gasteiger partial charge in [-0.15, -0.1) is 0 Å². The van der Waals surface area contributed by atoms with E-state index < -0.39 is 57.0 Å². The number of alkyl halides is 17. The van der Waals surface area contributed by atoms with Gasteiger partial charge in [0.2, 0.25) is 0 Å². The predicted molar refractivity (Wildman–Crippen MR) is 53.8 cm³/mol. The number of sulfonamides is 1. The molecule has 21 heteroatoms. The second kappa shape index (κ2) is 6.36. The van der Waals surface area contributed by atoms with E-state index in [2.05, 4.69) is 5.14 Å². The van der Waals surface area contributed by atoms with Crippen molar-refractivity contribution < 1.29 is 83.1 Å². The lowest BCUT2D eigenvalue weighted by Crippen LogP contribution is -2.77. The summed E-state index contributed by atoms with van der Waals surface area (Å²) in [5.74, 6) is -35.0. The highest BCUT2D eigenvalue weighted by Gasteiger charge is 2.97. The van der Waals surface area contributed by atoms with E-state index in [4.69, 9.17) is 0 Å². The second-order valence-corrected chi connectivity index (χ2v) is 6.62. The first-order valence-corrected chi connectivity index (χ1v) is 7.28. The zero-order valence-electron chi connectivity index (χ0n) is 12.2. The van der Waals surface area contributed by atoms with Gasteiger partial charge in [-0.25, -0.2) is 17.9 Å². The van der Waals surface area contributed by atoms with Crippen LogP contribution in [0.2, 0.25) is 0 Å². The van der Waals surface area contributed by atoms with E-state index in [1.54, 1.807) is 0 Å². The van der Waals surface area contributed by atoms with E-state index in [0.717, 1.165) is 0 Å². The molecule has 0 aliphatic heterocycles. The molecule has 0 aliphatic rings. The molecule has 0 saturated carbocycles. The molecule has 0 radical (unpaired) electrons. The third-order valence-corrected chi connectivity index (χ3v) is 4.09. The number of halogens is 17. The highest BCUT2D eigenvalue weighted by Crippen LogP contribution is 2.65. The van der Waals surface area contributed by atoms with Crippen molar-refractivity contribution in [2.75, 3.05) is 0 Å². The van der Waals surface area contributed by atoms with E-state index in [1.807, 2.05) is 0 Å². The molecule has 0 aromatic heterocycles. The van der Waals surface area contributed by atoms with Crippen LogP contribution in [0.4, 0.5) is 74.6 Å². The van der Waals surface area contributed by atoms with Crippen LogP contribution in [0.3, 0.4) is 0 Å². The smallest absolute Gasteiger partial charge is 0.223 e. The van der Waals surface area contributed by atoms with E-state index in [9.17, 15) is 83.1 Å². The molecular formula is C8H2F17NO2S. The van der Waals surface area contributed by atoms with Crippen LogP contribution >= 0.6 is 0 Å². The van der Waals surface area contributed by atoms with Crippen molar-refractivity contribution >= 4 is 10.0 Å². The summed E-state index contributed by atoms with van der Waals surface area (Å²) in [4.78, 5) is 0. The molecule has 0 spiro atoms. The molecule has 0 saturated heterocycles. The average Bonchev–Trinajstić information content (AvgIpc) is 2.41. The summed E-state index contributed by atoms with van der Waals surface area (Å²) in [6.45, 7) is 0. The maximum atomic E-state index is 13.2. The summed E-state index contributed by atoms with van der Waals surface area (Å²) in [7, 11) is -7.42. The Kier molecular flexibility index (Phi) is 6.08. The number of rotatable bonds is 6. The Bertz CT molecular complexity index is 718. The fraction of sp³-hybridized carbons (Fsp3) is 1.00. The minimum Gasteiger partial charge on any atom is -0.223 e. The summed E-state index contributed by atoms with van der Waals surface area (Å²) in [5.41, 5.74) is -8.69. The molecule has 0 fully saturated rings. The summed E-state index contributed by atoms with van der Waals surface area (Å²) in [6.07, 6.45) is -16.5. The van der Waals surface area contributed by atoms with Gasteiger partial charge in [0.15, 0.2) is 0 Å². The second-order valence-electron chi connectivity index (χ2n) is 5.01. The molecule has 29 heavy (non-hydrogen) atoms. The zero-order chi connectivity index (χ0) is 24.5. The molecule has 0 rings (SSSR count). The van der Waals surface area contributed by atoms with Gasteiger partial charge in [0.25, 0.3) is 10.0 Å². The van der Waals surface area contributed by atoms with Crippen LogP contribution in [-0.4, -0.2) is 55.4 Å². The third kappa shape index (κ3) is 3.26. The van der Waals surface area contributed by atoms with Gasteiger partial charge in [-0.3, -0.25) is 0 Å². The van der Waals surface area contributed by atoms with E-state index in [0.29, 0.717) is 0 Å². The zero-order valence-corrected chi connectivity index (χ0v) is 13.0. The maximum absolute atomic E-state index is 13.2. The molecular weight excluding hydrogens is 497 g/mol. The van der Waals surface area contributed by atoms with E-state index in [1.165, 1.54) is 0 Å². The summed E-state index contributed by atoms with van der Waals surface area (Å²) < 4.78 is 237. The standard InChI is InChI=1S/C8H2F17NO2S/c9-1(6(18,19)20,7(21,22)23)2(10,11)3(12,13)4(14,15)5(16,17)8(24,25)29(26,27)28/h(H2,26,27,28). The molecule has 0 atom stereocenters. The normalized spacial score (nSPS) is 16.9. The predicted octanol–water partition coefficient (Wildman–Crippen LogP) is 4.24. The van der Waals surface area contributed by atoms with E-state index >= 15 is 0 Å². The monoisotopic (exact) mass is 499 g/mol. The molecule has 3 nitrogen and oxygen atoms in total. The fourth-order valence-corrected chi connectivity index (χ4v) is 1.97. The topological polar surface area (TPSA) is 60.2 Å². The van der Waals surface area contributed by atoms with Crippen LogP contribution in [0.1, 0.15) is 0 Å². The van der Waals surface area contributed by atoms with Crippen LogP contribution in [0.15, 0.2) is 0 Å². The minimum atomic E-state index is -8.95. The molecule has 176 valence electrons. The average molecular weight is 499 g/mol. The van der Waals surface area contributed by atoms with Gasteiger partial charge in [0, 0.05) is 0 Å². The lowest BCUT2D eigenvalue weighted by molar-refractivity contribution is -0.462. The first kappa shape index (κ1) is 27.7. The molecule has 0 amide bonds. The number of nitrogens with two attached hydrogens (primary N) is 1. The molecule has 0 aromatic rings. The molecule has 2 N–H and O–H groups in total. The first-order chi connectivity index (χ1) is 12.0. The Balaban J connectivity index is 7.12. The van der Waals surface area contributed by atoms with Gasteiger partial charge in [-0.2, -0.15) is 70.2 Å². The highest BCUT2D eigenvalue weighted by molar-refractivity contribution is 7.90. The van der Waals surface area contributed by atoms with Gasteiger partial charge in [0.05, 0.1) is 0 Å². The van der Waals surface area contributed by atoms with Gasteiger partial charge in [-0.05, 0) is 0 Å². The maximum Gasteiger partial charge on any atom is 0.438 e. The van der Waals surface area contributed by atoms with Crippen molar-refractivity contribution in [3.8, 4) is 0 Å². The Labute approximate surface area is 146 Å². The molecule has 0 bridgehead atoms. The van der Waals surface area contributed by atoms with Crippen LogP contribution in [-0.2, 0) is 10.0 Å². The van der Waals surface area contributed by atoms with Gasteiger partial charge in [0.1, 0.15) is 0 Å². The Morgan fingerprint density at radius 3 is 0.897 bits per heavy atom. The van der Waals surface area contributed by atoms with Crippen LogP contribution in [0.5, 0.6) is 0 Å². The number of primary sulfonamides is 1. The van der Waals surface area contributed by atoms with E-state index in [-0.39, 0.29) is 0 Å². The third-order valence-electron chi connectivity index (χ3n) is 3.12. The van der Waals surface area contributed by atoms with Crippen molar-refractivity contribution in [2.45, 2.75) is 47.0 Å². The fourth-order valence-electron chi connectivity index (χ4n) is 1.49. The quantitative estimate of drug-likeness (QED) is 0.557. The van der Waals surface area contributed by atoms with Crippen molar-refractivity contribution in [2.24, 2.45) is 5.14 Å². The SMILES string of the molecule is NS(=O)(=O)C(F)(F)C(F)(F)C(F)(F)C(F)(F)C(F)(F)C(F)(C(F)(F)F)C(F)(F)F. The highest BCUT2D eigenvalue weighted by atomic mass is 32.2. The van der Waals surface area contributed by atoms with Crippen LogP contribution < -0.4 is 5.14 Å². The molecule has 0 aliphatic carbocycles. The summed E-state index contributed by atoms with van der Waals surface area (Å²) in [6, 6.07) is 0. The number of hydrogen-bond donors (Lipinski definition) is 1. The van der Waals surface area contributed by atoms with Crippen molar-refractivity contribution in [3.63, 3.8) is 0 Å². The molecule has 0 heterocycles.